The van der Waals surface area contributed by atoms with Gasteiger partial charge in [-0.1, -0.05) is 12.1 Å². The number of carbonyl (C=O) groups excluding carboxylic acids is 2. The van der Waals surface area contributed by atoms with Crippen LogP contribution in [0, 0.1) is 0 Å². The molecule has 0 saturated heterocycles. The van der Waals surface area contributed by atoms with E-state index in [-0.39, 0.29) is 6.42 Å². The Hall–Kier alpha value is -1.50. The Bertz CT molecular complexity index is 582. The second kappa shape index (κ2) is 10.6. The van der Waals surface area contributed by atoms with Gasteiger partial charge >= 0.3 is 12.1 Å². The smallest absolute Gasteiger partial charge is 0.428 e. The molecule has 0 aliphatic heterocycles. The van der Waals surface area contributed by atoms with Gasteiger partial charge in [-0.3, -0.25) is 0 Å². The molecule has 0 aliphatic carbocycles. The monoisotopic (exact) mass is 404 g/mol. The largest absolute Gasteiger partial charge is 0.516 e. The van der Waals surface area contributed by atoms with Gasteiger partial charge in [0, 0.05) is 30.5 Å². The Balaban J connectivity index is 2.62. The van der Waals surface area contributed by atoms with Gasteiger partial charge in [0.15, 0.2) is 0 Å². The van der Waals surface area contributed by atoms with E-state index in [0.29, 0.717) is 24.8 Å². The van der Waals surface area contributed by atoms with Crippen molar-refractivity contribution in [2.45, 2.75) is 38.8 Å². The SMILES string of the molecule is CC(C)(C)OC(=O)OC(=O)[C@@H](N)Cc1ccc(N(CCCl)CCCl)cc1. The molecular formula is C18H26Cl2N2O4. The van der Waals surface area contributed by atoms with Crippen molar-refractivity contribution in [3.63, 3.8) is 0 Å². The number of hydrogen-bond acceptors (Lipinski definition) is 6. The summed E-state index contributed by atoms with van der Waals surface area (Å²) in [5, 5.41) is 0. The van der Waals surface area contributed by atoms with Gasteiger partial charge in [0.2, 0.25) is 0 Å². The summed E-state index contributed by atoms with van der Waals surface area (Å²) < 4.78 is 9.56. The van der Waals surface area contributed by atoms with Crippen LogP contribution in [-0.2, 0) is 20.7 Å². The number of anilines is 1. The average Bonchev–Trinajstić information content (AvgIpc) is 2.53. The van der Waals surface area contributed by atoms with Crippen LogP contribution in [-0.4, -0.2) is 48.6 Å². The van der Waals surface area contributed by atoms with E-state index >= 15 is 0 Å². The zero-order chi connectivity index (χ0) is 19.7. The summed E-state index contributed by atoms with van der Waals surface area (Å²) in [6.45, 7) is 6.42. The molecule has 1 rings (SSSR count). The van der Waals surface area contributed by atoms with Crippen LogP contribution in [0.25, 0.3) is 0 Å². The first-order valence-electron chi connectivity index (χ1n) is 8.32. The summed E-state index contributed by atoms with van der Waals surface area (Å²) in [6.07, 6.45) is -0.807. The number of halogens is 2. The molecule has 2 N–H and O–H groups in total. The lowest BCUT2D eigenvalue weighted by molar-refractivity contribution is -0.142. The minimum absolute atomic E-state index is 0.243. The fraction of sp³-hybridized carbons (Fsp3) is 0.556. The van der Waals surface area contributed by atoms with Gasteiger partial charge in [-0.25, -0.2) is 9.59 Å². The summed E-state index contributed by atoms with van der Waals surface area (Å²) in [5.41, 5.74) is 6.92. The Labute approximate surface area is 164 Å². The second-order valence-corrected chi connectivity index (χ2v) is 7.48. The summed E-state index contributed by atoms with van der Waals surface area (Å²) >= 11 is 11.6. The van der Waals surface area contributed by atoms with Crippen LogP contribution < -0.4 is 10.6 Å². The van der Waals surface area contributed by atoms with Crippen LogP contribution in [0.15, 0.2) is 24.3 Å². The normalized spacial score (nSPS) is 12.4. The Morgan fingerprint density at radius 3 is 2.12 bits per heavy atom. The number of nitrogens with two attached hydrogens (primary N) is 1. The molecule has 1 aromatic rings. The molecular weight excluding hydrogens is 379 g/mol. The van der Waals surface area contributed by atoms with Crippen LogP contribution in [0.2, 0.25) is 0 Å². The first kappa shape index (κ1) is 22.5. The predicted molar refractivity (Wildman–Crippen MR) is 104 cm³/mol. The minimum atomic E-state index is -1.05. The highest BCUT2D eigenvalue weighted by Gasteiger charge is 2.24. The van der Waals surface area contributed by atoms with Crippen LogP contribution in [0.3, 0.4) is 0 Å². The number of benzene rings is 1. The maximum atomic E-state index is 11.9. The average molecular weight is 405 g/mol. The second-order valence-electron chi connectivity index (χ2n) is 6.73. The Kier molecular flexibility index (Phi) is 9.19. The highest BCUT2D eigenvalue weighted by atomic mass is 35.5. The third-order valence-electron chi connectivity index (χ3n) is 3.34. The van der Waals surface area contributed by atoms with E-state index in [9.17, 15) is 9.59 Å². The van der Waals surface area contributed by atoms with Crippen molar-refractivity contribution in [1.82, 2.24) is 0 Å². The molecule has 0 unspecified atom stereocenters. The van der Waals surface area contributed by atoms with E-state index in [1.807, 2.05) is 24.3 Å². The standard InChI is InChI=1S/C18H26Cl2N2O4/c1-18(2,3)26-17(24)25-16(23)15(21)12-13-4-6-14(7-5-13)22(10-8-19)11-9-20/h4-7,15H,8-12,21H2,1-3H3/t15-/m0/s1. The molecule has 8 heteroatoms. The van der Waals surface area contributed by atoms with E-state index in [0.717, 1.165) is 11.3 Å². The molecule has 0 spiro atoms. The number of alkyl halides is 2. The molecule has 0 bridgehead atoms. The lowest BCUT2D eigenvalue weighted by Crippen LogP contribution is -2.37. The van der Waals surface area contributed by atoms with Gasteiger partial charge < -0.3 is 20.1 Å². The Morgan fingerprint density at radius 1 is 1.12 bits per heavy atom. The first-order chi connectivity index (χ1) is 12.2. The molecule has 0 amide bonds. The number of ether oxygens (including phenoxy) is 2. The van der Waals surface area contributed by atoms with Crippen molar-refractivity contribution in [3.8, 4) is 0 Å². The molecule has 0 radical (unpaired) electrons. The van der Waals surface area contributed by atoms with Crippen molar-refractivity contribution in [2.24, 2.45) is 5.73 Å². The van der Waals surface area contributed by atoms with E-state index < -0.39 is 23.8 Å². The Morgan fingerprint density at radius 2 is 1.65 bits per heavy atom. The fourth-order valence-electron chi connectivity index (χ4n) is 2.18. The molecule has 1 atom stereocenters. The molecule has 6 nitrogen and oxygen atoms in total. The molecule has 0 aliphatic rings. The minimum Gasteiger partial charge on any atom is -0.428 e. The molecule has 1 aromatic carbocycles. The van der Waals surface area contributed by atoms with Crippen LogP contribution in [0.5, 0.6) is 0 Å². The van der Waals surface area contributed by atoms with Gasteiger partial charge in [0.1, 0.15) is 11.6 Å². The quantitative estimate of drug-likeness (QED) is 0.406. The van der Waals surface area contributed by atoms with Crippen molar-refractivity contribution >= 4 is 41.0 Å². The summed E-state index contributed by atoms with van der Waals surface area (Å²) in [6, 6.07) is 6.60. The van der Waals surface area contributed by atoms with Gasteiger partial charge in [0.05, 0.1) is 0 Å². The van der Waals surface area contributed by atoms with Gasteiger partial charge in [-0.15, -0.1) is 23.2 Å². The van der Waals surface area contributed by atoms with Crippen molar-refractivity contribution in [2.75, 3.05) is 29.7 Å². The fourth-order valence-corrected chi connectivity index (χ4v) is 2.59. The number of nitrogens with zero attached hydrogens (tertiary/aromatic N) is 1. The van der Waals surface area contributed by atoms with Crippen LogP contribution in [0.1, 0.15) is 26.3 Å². The maximum Gasteiger partial charge on any atom is 0.516 e. The zero-order valence-electron chi connectivity index (χ0n) is 15.3. The lowest BCUT2D eigenvalue weighted by Gasteiger charge is -2.23. The maximum absolute atomic E-state index is 11.9. The number of esters is 1. The molecule has 0 aromatic heterocycles. The van der Waals surface area contributed by atoms with Gasteiger partial charge in [-0.2, -0.15) is 0 Å². The highest BCUT2D eigenvalue weighted by molar-refractivity contribution is 6.18. The van der Waals surface area contributed by atoms with Crippen molar-refractivity contribution in [3.05, 3.63) is 29.8 Å². The van der Waals surface area contributed by atoms with Gasteiger partial charge in [0.25, 0.3) is 0 Å². The number of carbonyl (C=O) groups is 2. The van der Waals surface area contributed by atoms with E-state index in [4.69, 9.17) is 33.7 Å². The molecule has 0 heterocycles. The lowest BCUT2D eigenvalue weighted by atomic mass is 10.1. The molecule has 0 fully saturated rings. The van der Waals surface area contributed by atoms with Crippen LogP contribution in [0.4, 0.5) is 10.5 Å². The molecule has 26 heavy (non-hydrogen) atoms. The predicted octanol–water partition coefficient (Wildman–Crippen LogP) is 3.32. The summed E-state index contributed by atoms with van der Waals surface area (Å²) in [4.78, 5) is 25.5. The van der Waals surface area contributed by atoms with Crippen molar-refractivity contribution < 1.29 is 19.1 Å². The topological polar surface area (TPSA) is 81.9 Å². The van der Waals surface area contributed by atoms with E-state index in [1.165, 1.54) is 0 Å². The number of rotatable bonds is 8. The van der Waals surface area contributed by atoms with E-state index in [1.54, 1.807) is 20.8 Å². The first-order valence-corrected chi connectivity index (χ1v) is 9.39. The van der Waals surface area contributed by atoms with Crippen LogP contribution >= 0.6 is 23.2 Å². The third-order valence-corrected chi connectivity index (χ3v) is 3.68. The third kappa shape index (κ3) is 8.25. The van der Waals surface area contributed by atoms with E-state index in [2.05, 4.69) is 9.64 Å². The molecule has 146 valence electrons. The van der Waals surface area contributed by atoms with Crippen molar-refractivity contribution in [1.29, 1.82) is 0 Å². The summed E-state index contributed by atoms with van der Waals surface area (Å²) in [5.74, 6) is 0.175. The summed E-state index contributed by atoms with van der Waals surface area (Å²) in [7, 11) is 0. The number of hydrogen-bond donors (Lipinski definition) is 1. The highest BCUT2D eigenvalue weighted by Crippen LogP contribution is 2.17. The molecule has 0 saturated carbocycles. The zero-order valence-corrected chi connectivity index (χ0v) is 16.8. The van der Waals surface area contributed by atoms with Gasteiger partial charge in [-0.05, 0) is 44.9 Å².